The van der Waals surface area contributed by atoms with Crippen LogP contribution in [-0.2, 0) is 5.41 Å². The minimum absolute atomic E-state index is 0.0643. The van der Waals surface area contributed by atoms with Crippen molar-refractivity contribution in [3.8, 4) is 0 Å². The van der Waals surface area contributed by atoms with Gasteiger partial charge in [-0.15, -0.1) is 0 Å². The normalized spacial score (nSPS) is 11.2. The summed E-state index contributed by atoms with van der Waals surface area (Å²) in [7, 11) is 0. The van der Waals surface area contributed by atoms with Gasteiger partial charge in [0.15, 0.2) is 5.82 Å². The van der Waals surface area contributed by atoms with E-state index in [1.165, 1.54) is 11.8 Å². The molecule has 0 aliphatic heterocycles. The van der Waals surface area contributed by atoms with Gasteiger partial charge in [-0.3, -0.25) is 4.79 Å². The maximum atomic E-state index is 11.5. The standard InChI is InChI=1S/C14H17N3O/c1-14(2,11-6-4-3-5-7-11)10-17-12-13(18)16-9-8-15-12/h3-9H,10H2,1-2H3,(H,15,17)(H,16,18). The molecular formula is C14H17N3O. The zero-order valence-corrected chi connectivity index (χ0v) is 10.6. The van der Waals surface area contributed by atoms with Gasteiger partial charge in [0.25, 0.3) is 5.56 Å². The van der Waals surface area contributed by atoms with Crippen LogP contribution in [0.2, 0.25) is 0 Å². The predicted molar refractivity (Wildman–Crippen MR) is 72.8 cm³/mol. The molecule has 0 saturated heterocycles. The number of rotatable bonds is 4. The second-order valence-corrected chi connectivity index (χ2v) is 4.87. The van der Waals surface area contributed by atoms with Gasteiger partial charge >= 0.3 is 0 Å². The average Bonchev–Trinajstić information content (AvgIpc) is 2.39. The van der Waals surface area contributed by atoms with Crippen LogP contribution in [0.25, 0.3) is 0 Å². The van der Waals surface area contributed by atoms with E-state index in [1.807, 2.05) is 18.2 Å². The van der Waals surface area contributed by atoms with Crippen LogP contribution >= 0.6 is 0 Å². The summed E-state index contributed by atoms with van der Waals surface area (Å²) in [4.78, 5) is 18.1. The molecule has 4 nitrogen and oxygen atoms in total. The van der Waals surface area contributed by atoms with Gasteiger partial charge < -0.3 is 10.3 Å². The fourth-order valence-electron chi connectivity index (χ4n) is 1.77. The van der Waals surface area contributed by atoms with Gasteiger partial charge in [0.05, 0.1) is 0 Å². The van der Waals surface area contributed by atoms with Gasteiger partial charge in [-0.2, -0.15) is 0 Å². The van der Waals surface area contributed by atoms with Crippen LogP contribution in [0.1, 0.15) is 19.4 Å². The molecule has 0 aliphatic carbocycles. The smallest absolute Gasteiger partial charge is 0.290 e. The van der Waals surface area contributed by atoms with Gasteiger partial charge in [0.2, 0.25) is 0 Å². The molecule has 18 heavy (non-hydrogen) atoms. The molecule has 0 radical (unpaired) electrons. The van der Waals surface area contributed by atoms with Crippen molar-refractivity contribution < 1.29 is 0 Å². The molecule has 1 heterocycles. The lowest BCUT2D eigenvalue weighted by atomic mass is 9.85. The largest absolute Gasteiger partial charge is 0.365 e. The second kappa shape index (κ2) is 5.04. The first kappa shape index (κ1) is 12.4. The van der Waals surface area contributed by atoms with Gasteiger partial charge in [0, 0.05) is 24.4 Å². The van der Waals surface area contributed by atoms with Gasteiger partial charge in [-0.25, -0.2) is 4.98 Å². The number of aromatic nitrogens is 2. The molecule has 4 heteroatoms. The number of H-pyrrole nitrogens is 1. The Morgan fingerprint density at radius 1 is 1.28 bits per heavy atom. The fourth-order valence-corrected chi connectivity index (χ4v) is 1.77. The van der Waals surface area contributed by atoms with Crippen LogP contribution in [0.4, 0.5) is 5.82 Å². The van der Waals surface area contributed by atoms with Crippen molar-refractivity contribution in [3.05, 3.63) is 58.6 Å². The summed E-state index contributed by atoms with van der Waals surface area (Å²) >= 11 is 0. The van der Waals surface area contributed by atoms with Crippen molar-refractivity contribution in [2.75, 3.05) is 11.9 Å². The number of benzene rings is 1. The fraction of sp³-hybridized carbons (Fsp3) is 0.286. The first-order valence-electron chi connectivity index (χ1n) is 5.93. The Labute approximate surface area is 106 Å². The van der Waals surface area contributed by atoms with Crippen molar-refractivity contribution in [3.63, 3.8) is 0 Å². The van der Waals surface area contributed by atoms with E-state index in [1.54, 1.807) is 6.20 Å². The molecule has 0 spiro atoms. The maximum absolute atomic E-state index is 11.5. The summed E-state index contributed by atoms with van der Waals surface area (Å²) in [6.07, 6.45) is 3.09. The zero-order valence-electron chi connectivity index (χ0n) is 10.6. The highest BCUT2D eigenvalue weighted by Crippen LogP contribution is 2.22. The topological polar surface area (TPSA) is 57.8 Å². The minimum Gasteiger partial charge on any atom is -0.365 e. The van der Waals surface area contributed by atoms with E-state index in [-0.39, 0.29) is 11.0 Å². The van der Waals surface area contributed by atoms with Crippen molar-refractivity contribution in [1.82, 2.24) is 9.97 Å². The SMILES string of the molecule is CC(C)(CNc1ncc[nH]c1=O)c1ccccc1. The first-order valence-corrected chi connectivity index (χ1v) is 5.93. The summed E-state index contributed by atoms with van der Waals surface area (Å²) in [5.41, 5.74) is 0.969. The lowest BCUT2D eigenvalue weighted by Gasteiger charge is -2.25. The van der Waals surface area contributed by atoms with Gasteiger partial charge in [-0.05, 0) is 5.56 Å². The highest BCUT2D eigenvalue weighted by molar-refractivity contribution is 5.33. The molecular weight excluding hydrogens is 226 g/mol. The molecule has 0 amide bonds. The quantitative estimate of drug-likeness (QED) is 0.865. The Morgan fingerprint density at radius 3 is 2.67 bits per heavy atom. The molecule has 0 bridgehead atoms. The van der Waals surface area contributed by atoms with E-state index in [2.05, 4.69) is 41.3 Å². The molecule has 2 aromatic rings. The van der Waals surface area contributed by atoms with E-state index in [0.717, 1.165) is 0 Å². The summed E-state index contributed by atoms with van der Waals surface area (Å²) in [5, 5.41) is 3.10. The Balaban J connectivity index is 2.11. The number of nitrogens with one attached hydrogen (secondary N) is 2. The lowest BCUT2D eigenvalue weighted by Crippen LogP contribution is -2.30. The Bertz CT molecular complexity index is 561. The molecule has 2 rings (SSSR count). The highest BCUT2D eigenvalue weighted by atomic mass is 16.1. The van der Waals surface area contributed by atoms with Crippen LogP contribution in [0.3, 0.4) is 0 Å². The van der Waals surface area contributed by atoms with Crippen molar-refractivity contribution in [2.24, 2.45) is 0 Å². The van der Waals surface area contributed by atoms with E-state index < -0.39 is 0 Å². The number of hydrogen-bond donors (Lipinski definition) is 2. The van der Waals surface area contributed by atoms with Crippen LogP contribution < -0.4 is 10.9 Å². The Morgan fingerprint density at radius 2 is 2.00 bits per heavy atom. The molecule has 0 unspecified atom stereocenters. The van der Waals surface area contributed by atoms with Crippen molar-refractivity contribution in [1.29, 1.82) is 0 Å². The molecule has 1 aromatic heterocycles. The lowest BCUT2D eigenvalue weighted by molar-refractivity contribution is 0.556. The third-order valence-electron chi connectivity index (χ3n) is 2.96. The molecule has 0 aliphatic rings. The molecule has 0 fully saturated rings. The van der Waals surface area contributed by atoms with Gasteiger partial charge in [0.1, 0.15) is 0 Å². The van der Waals surface area contributed by atoms with Crippen LogP contribution in [0.15, 0.2) is 47.5 Å². The maximum Gasteiger partial charge on any atom is 0.290 e. The summed E-state index contributed by atoms with van der Waals surface area (Å²) in [6.45, 7) is 4.91. The first-order chi connectivity index (χ1) is 8.59. The monoisotopic (exact) mass is 243 g/mol. The molecule has 0 saturated carbocycles. The van der Waals surface area contributed by atoms with E-state index in [9.17, 15) is 4.79 Å². The molecule has 94 valence electrons. The van der Waals surface area contributed by atoms with Crippen LogP contribution in [0, 0.1) is 0 Å². The van der Waals surface area contributed by atoms with E-state index in [0.29, 0.717) is 12.4 Å². The molecule has 2 N–H and O–H groups in total. The number of nitrogens with zero attached hydrogens (tertiary/aromatic N) is 1. The Hall–Kier alpha value is -2.10. The van der Waals surface area contributed by atoms with E-state index in [4.69, 9.17) is 0 Å². The highest BCUT2D eigenvalue weighted by Gasteiger charge is 2.20. The van der Waals surface area contributed by atoms with Gasteiger partial charge in [-0.1, -0.05) is 44.2 Å². The molecule has 1 aromatic carbocycles. The number of aromatic amines is 1. The second-order valence-electron chi connectivity index (χ2n) is 4.87. The number of hydrogen-bond acceptors (Lipinski definition) is 3. The minimum atomic E-state index is -0.193. The third-order valence-corrected chi connectivity index (χ3v) is 2.96. The third kappa shape index (κ3) is 2.77. The van der Waals surface area contributed by atoms with Crippen LogP contribution in [-0.4, -0.2) is 16.5 Å². The summed E-state index contributed by atoms with van der Waals surface area (Å²) in [5.74, 6) is 0.363. The van der Waals surface area contributed by atoms with Crippen molar-refractivity contribution in [2.45, 2.75) is 19.3 Å². The summed E-state index contributed by atoms with van der Waals surface area (Å²) in [6, 6.07) is 10.2. The van der Waals surface area contributed by atoms with Crippen LogP contribution in [0.5, 0.6) is 0 Å². The van der Waals surface area contributed by atoms with E-state index >= 15 is 0 Å². The molecule has 0 atom stereocenters. The zero-order chi connectivity index (χ0) is 13.0. The van der Waals surface area contributed by atoms with Crippen molar-refractivity contribution >= 4 is 5.82 Å². The predicted octanol–water partition coefficient (Wildman–Crippen LogP) is 2.16. The average molecular weight is 243 g/mol. The number of anilines is 1. The summed E-state index contributed by atoms with van der Waals surface area (Å²) < 4.78 is 0. The Kier molecular flexibility index (Phi) is 3.46.